The summed E-state index contributed by atoms with van der Waals surface area (Å²) >= 11 is 13.3. The summed E-state index contributed by atoms with van der Waals surface area (Å²) < 4.78 is 43.3. The molecule has 0 spiro atoms. The predicted octanol–water partition coefficient (Wildman–Crippen LogP) is 3.74. The SMILES string of the molecule is Cc1ccc2cccc(OCc3c(Cl)ccc(S(=O)(=O)NC4(C(=O)N5CCN(C(=O)[C@@H](N)CCC[N+](C)(C)C)CC5)CCOCC4)c3Cl)c2n1. The van der Waals surface area contributed by atoms with Gasteiger partial charge < -0.3 is 29.5 Å². The number of hydrogen-bond donors (Lipinski definition) is 2. The third-order valence-electron chi connectivity index (χ3n) is 9.26. The van der Waals surface area contributed by atoms with Crippen molar-refractivity contribution in [3.8, 4) is 5.75 Å². The maximum atomic E-state index is 14.2. The fourth-order valence-corrected chi connectivity index (χ4v) is 8.67. The van der Waals surface area contributed by atoms with E-state index in [1.807, 2.05) is 31.2 Å². The lowest BCUT2D eigenvalue weighted by molar-refractivity contribution is -0.870. The zero-order valence-corrected chi connectivity index (χ0v) is 31.4. The van der Waals surface area contributed by atoms with Crippen LogP contribution < -0.4 is 15.2 Å². The first-order chi connectivity index (χ1) is 23.6. The third kappa shape index (κ3) is 8.87. The van der Waals surface area contributed by atoms with Gasteiger partial charge in [-0.05, 0) is 56.9 Å². The van der Waals surface area contributed by atoms with Crippen molar-refractivity contribution in [3.05, 3.63) is 63.8 Å². The standard InChI is InChI=1S/C35H47Cl2N6O6S/c1-24-10-11-25-7-5-9-29(32(25)39-24)49-23-26-27(36)12-13-30(31(26)37)50(46,47)40-35(14-21-48-22-15-35)34(45)42-18-16-41(17-19-42)33(44)28(38)8-6-20-43(2,3)4/h5,7,9-13,28,40H,6,8,14-23,38H2,1-4H3/q+1/t28-/m0/s1. The van der Waals surface area contributed by atoms with Crippen LogP contribution in [0.15, 0.2) is 47.4 Å². The molecule has 0 radical (unpaired) electrons. The van der Waals surface area contributed by atoms with Crippen LogP contribution in [0, 0.1) is 6.92 Å². The van der Waals surface area contributed by atoms with E-state index >= 15 is 0 Å². The van der Waals surface area contributed by atoms with Crippen molar-refractivity contribution in [2.75, 3.05) is 67.1 Å². The number of fused-ring (bicyclic) bond motifs is 1. The van der Waals surface area contributed by atoms with Crippen molar-refractivity contribution in [3.63, 3.8) is 0 Å². The number of piperazine rings is 1. The van der Waals surface area contributed by atoms with Crippen LogP contribution in [0.1, 0.15) is 36.9 Å². The number of nitrogens with one attached hydrogen (secondary N) is 1. The molecule has 1 atom stereocenters. The van der Waals surface area contributed by atoms with E-state index in [0.29, 0.717) is 30.8 Å². The highest BCUT2D eigenvalue weighted by molar-refractivity contribution is 7.89. The van der Waals surface area contributed by atoms with E-state index in [1.54, 1.807) is 15.9 Å². The Bertz CT molecular complexity index is 1820. The van der Waals surface area contributed by atoms with Gasteiger partial charge in [-0.1, -0.05) is 41.4 Å². The highest BCUT2D eigenvalue weighted by Crippen LogP contribution is 2.35. The number of nitrogens with zero attached hydrogens (tertiary/aromatic N) is 4. The summed E-state index contributed by atoms with van der Waals surface area (Å²) in [5.41, 5.74) is 6.55. The second kappa shape index (κ2) is 15.7. The Hall–Kier alpha value is -3.04. The van der Waals surface area contributed by atoms with Gasteiger partial charge in [0.2, 0.25) is 21.8 Å². The summed E-state index contributed by atoms with van der Waals surface area (Å²) in [5, 5.41) is 1.02. The molecular formula is C35H47Cl2N6O6S+. The van der Waals surface area contributed by atoms with Crippen LogP contribution >= 0.6 is 23.2 Å². The molecule has 2 saturated heterocycles. The molecule has 50 heavy (non-hydrogen) atoms. The van der Waals surface area contributed by atoms with Gasteiger partial charge in [-0.15, -0.1) is 0 Å². The van der Waals surface area contributed by atoms with Gasteiger partial charge in [-0.2, -0.15) is 4.72 Å². The van der Waals surface area contributed by atoms with Gasteiger partial charge in [0.25, 0.3) is 0 Å². The number of carbonyl (C=O) groups excluding carboxylic acids is 2. The number of benzene rings is 2. The summed E-state index contributed by atoms with van der Waals surface area (Å²) in [4.78, 5) is 34.9. The van der Waals surface area contributed by atoms with Gasteiger partial charge in [0.1, 0.15) is 28.3 Å². The molecule has 3 heterocycles. The second-order valence-corrected chi connectivity index (χ2v) is 16.5. The molecule has 2 fully saturated rings. The summed E-state index contributed by atoms with van der Waals surface area (Å²) in [7, 11) is 1.94. The van der Waals surface area contributed by atoms with Crippen molar-refractivity contribution in [1.29, 1.82) is 0 Å². The van der Waals surface area contributed by atoms with E-state index in [-0.39, 0.29) is 78.1 Å². The molecule has 12 nitrogen and oxygen atoms in total. The zero-order chi connectivity index (χ0) is 36.3. The van der Waals surface area contributed by atoms with Crippen LogP contribution in [-0.4, -0.2) is 118 Å². The monoisotopic (exact) mass is 749 g/mol. The molecule has 5 rings (SSSR count). The Morgan fingerprint density at radius 2 is 1.72 bits per heavy atom. The molecule has 0 saturated carbocycles. The first-order valence-electron chi connectivity index (χ1n) is 16.8. The number of sulfonamides is 1. The molecule has 2 amide bonds. The number of hydrogen-bond acceptors (Lipinski definition) is 8. The minimum Gasteiger partial charge on any atom is -0.487 e. The lowest BCUT2D eigenvalue weighted by atomic mass is 9.89. The molecule has 272 valence electrons. The molecule has 0 aliphatic carbocycles. The van der Waals surface area contributed by atoms with Crippen LogP contribution in [0.5, 0.6) is 5.75 Å². The number of aryl methyl sites for hydroxylation is 1. The Kier molecular flexibility index (Phi) is 12.0. The largest absolute Gasteiger partial charge is 0.487 e. The molecule has 1 aromatic heterocycles. The number of aromatic nitrogens is 1. The van der Waals surface area contributed by atoms with Crippen molar-refractivity contribution < 1.29 is 32.0 Å². The van der Waals surface area contributed by atoms with E-state index in [4.69, 9.17) is 38.4 Å². The van der Waals surface area contributed by atoms with Crippen LogP contribution in [0.4, 0.5) is 0 Å². The summed E-state index contributed by atoms with van der Waals surface area (Å²) in [6, 6.07) is 11.6. The first kappa shape index (κ1) is 38.2. The van der Waals surface area contributed by atoms with E-state index in [1.165, 1.54) is 12.1 Å². The van der Waals surface area contributed by atoms with Gasteiger partial charge in [0.15, 0.2) is 0 Å². The summed E-state index contributed by atoms with van der Waals surface area (Å²) in [6.07, 6.45) is 1.68. The molecule has 15 heteroatoms. The molecule has 2 aliphatic heterocycles. The smallest absolute Gasteiger partial charge is 0.244 e. The van der Waals surface area contributed by atoms with E-state index in [2.05, 4.69) is 30.8 Å². The van der Waals surface area contributed by atoms with E-state index in [9.17, 15) is 18.0 Å². The van der Waals surface area contributed by atoms with Crippen molar-refractivity contribution in [1.82, 2.24) is 19.5 Å². The predicted molar refractivity (Wildman–Crippen MR) is 194 cm³/mol. The minimum atomic E-state index is -4.34. The van der Waals surface area contributed by atoms with Crippen LogP contribution in [0.25, 0.3) is 10.9 Å². The van der Waals surface area contributed by atoms with Gasteiger partial charge in [0, 0.05) is 61.1 Å². The Morgan fingerprint density at radius 1 is 1.04 bits per heavy atom. The Balaban J connectivity index is 1.29. The fourth-order valence-electron chi connectivity index (χ4n) is 6.37. The van der Waals surface area contributed by atoms with Crippen LogP contribution in [0.2, 0.25) is 10.0 Å². The van der Waals surface area contributed by atoms with Gasteiger partial charge >= 0.3 is 0 Å². The molecule has 3 N–H and O–H groups in total. The lowest BCUT2D eigenvalue weighted by Crippen LogP contribution is -2.64. The van der Waals surface area contributed by atoms with Crippen molar-refractivity contribution >= 4 is 55.9 Å². The highest BCUT2D eigenvalue weighted by atomic mass is 35.5. The maximum absolute atomic E-state index is 14.2. The topological polar surface area (TPSA) is 144 Å². The van der Waals surface area contributed by atoms with Crippen molar-refractivity contribution in [2.45, 2.75) is 55.7 Å². The molecule has 2 aliphatic rings. The number of rotatable bonds is 12. The third-order valence-corrected chi connectivity index (χ3v) is 11.7. The van der Waals surface area contributed by atoms with Crippen LogP contribution in [0.3, 0.4) is 0 Å². The number of amides is 2. The highest BCUT2D eigenvalue weighted by Gasteiger charge is 2.47. The molecule has 0 bridgehead atoms. The zero-order valence-electron chi connectivity index (χ0n) is 29.1. The summed E-state index contributed by atoms with van der Waals surface area (Å²) in [6.45, 7) is 4.20. The number of ether oxygens (including phenoxy) is 2. The Labute approximate surface area is 304 Å². The first-order valence-corrected chi connectivity index (χ1v) is 19.1. The number of pyridine rings is 1. The lowest BCUT2D eigenvalue weighted by Gasteiger charge is -2.43. The van der Waals surface area contributed by atoms with Gasteiger partial charge in [-0.3, -0.25) is 9.59 Å². The molecule has 2 aromatic carbocycles. The number of quaternary nitrogens is 1. The van der Waals surface area contributed by atoms with Crippen LogP contribution in [-0.2, 0) is 31.0 Å². The maximum Gasteiger partial charge on any atom is 0.244 e. The fraction of sp³-hybridized carbons (Fsp3) is 0.514. The average Bonchev–Trinajstić information content (AvgIpc) is 3.07. The van der Waals surface area contributed by atoms with E-state index < -0.39 is 21.6 Å². The normalized spacial score (nSPS) is 17.5. The molecule has 0 unspecified atom stereocenters. The number of halogens is 2. The minimum absolute atomic E-state index is 0.103. The average molecular weight is 751 g/mol. The molecular weight excluding hydrogens is 703 g/mol. The summed E-state index contributed by atoms with van der Waals surface area (Å²) in [5.74, 6) is 0.000192. The quantitative estimate of drug-likeness (QED) is 0.267. The number of carbonyl (C=O) groups is 2. The molecule has 3 aromatic rings. The number of para-hydroxylation sites is 1. The van der Waals surface area contributed by atoms with Gasteiger partial charge in [0.05, 0.1) is 38.8 Å². The number of nitrogens with two attached hydrogens (primary N) is 1. The van der Waals surface area contributed by atoms with Gasteiger partial charge in [-0.25, -0.2) is 13.4 Å². The Morgan fingerprint density at radius 3 is 2.40 bits per heavy atom. The van der Waals surface area contributed by atoms with Crippen molar-refractivity contribution in [2.24, 2.45) is 5.73 Å². The van der Waals surface area contributed by atoms with E-state index in [0.717, 1.165) is 28.5 Å². The second-order valence-electron chi connectivity index (χ2n) is 14.1.